The van der Waals surface area contributed by atoms with Crippen LogP contribution in [0.4, 0.5) is 13.2 Å². The maximum atomic E-state index is 12.9. The molecule has 1 aliphatic carbocycles. The highest BCUT2D eigenvalue weighted by Gasteiger charge is 2.31. The topological polar surface area (TPSA) is 59.8 Å². The minimum Gasteiger partial charge on any atom is -0.350 e. The highest BCUT2D eigenvalue weighted by Crippen LogP contribution is 2.31. The average molecular weight is 414 g/mol. The molecule has 4 rings (SSSR count). The molecule has 5 nitrogen and oxygen atoms in total. The first-order valence-corrected chi connectivity index (χ1v) is 9.88. The zero-order chi connectivity index (χ0) is 21.1. The fourth-order valence-electron chi connectivity index (χ4n) is 3.81. The second-order valence-electron chi connectivity index (χ2n) is 7.27. The summed E-state index contributed by atoms with van der Waals surface area (Å²) in [6.45, 7) is 0.733. The average Bonchev–Trinajstić information content (AvgIpc) is 3.13. The van der Waals surface area contributed by atoms with Crippen molar-refractivity contribution in [3.63, 3.8) is 0 Å². The van der Waals surface area contributed by atoms with Gasteiger partial charge in [0, 0.05) is 41.3 Å². The summed E-state index contributed by atoms with van der Waals surface area (Å²) in [6.07, 6.45) is 3.08. The van der Waals surface area contributed by atoms with Crippen LogP contribution in [0, 0.1) is 0 Å². The number of carbonyl (C=O) groups excluding carboxylic acids is 1. The summed E-state index contributed by atoms with van der Waals surface area (Å²) in [7, 11) is 0. The number of amides is 1. The van der Waals surface area contributed by atoms with E-state index < -0.39 is 17.6 Å². The molecule has 0 aliphatic heterocycles. The molecule has 0 unspecified atom stereocenters. The number of hydrogen-bond donors (Lipinski definition) is 1. The van der Waals surface area contributed by atoms with Crippen molar-refractivity contribution in [1.82, 2.24) is 20.1 Å². The number of rotatable bonds is 5. The van der Waals surface area contributed by atoms with Gasteiger partial charge in [0.25, 0.3) is 5.91 Å². The molecule has 0 radical (unpaired) electrons. The van der Waals surface area contributed by atoms with Crippen LogP contribution in [-0.2, 0) is 25.6 Å². The van der Waals surface area contributed by atoms with Gasteiger partial charge in [0.05, 0.1) is 17.8 Å². The van der Waals surface area contributed by atoms with Crippen molar-refractivity contribution in [1.29, 1.82) is 0 Å². The molecular weight excluding hydrogens is 393 g/mol. The molecule has 1 amide bonds. The quantitative estimate of drug-likeness (QED) is 0.678. The van der Waals surface area contributed by atoms with Gasteiger partial charge in [-0.25, -0.2) is 0 Å². The molecular formula is C22H21F3N4O. The Morgan fingerprint density at radius 2 is 1.87 bits per heavy atom. The Hall–Kier alpha value is -3.16. The molecule has 0 spiro atoms. The van der Waals surface area contributed by atoms with Crippen LogP contribution in [-0.4, -0.2) is 27.2 Å². The summed E-state index contributed by atoms with van der Waals surface area (Å²) in [5.74, 6) is -0.531. The Morgan fingerprint density at radius 3 is 2.63 bits per heavy atom. The zero-order valence-corrected chi connectivity index (χ0v) is 16.2. The summed E-state index contributed by atoms with van der Waals surface area (Å²) >= 11 is 0. The van der Waals surface area contributed by atoms with Gasteiger partial charge in [-0.1, -0.05) is 6.07 Å². The molecule has 3 aromatic rings. The number of hydrogen-bond acceptors (Lipinski definition) is 3. The number of pyridine rings is 1. The van der Waals surface area contributed by atoms with Crippen LogP contribution in [0.1, 0.15) is 40.0 Å². The number of benzene rings is 1. The van der Waals surface area contributed by atoms with E-state index in [1.54, 1.807) is 12.4 Å². The van der Waals surface area contributed by atoms with Crippen LogP contribution in [0.15, 0.2) is 48.8 Å². The fraction of sp³-hybridized carbons (Fsp3) is 0.318. The number of halogens is 3. The van der Waals surface area contributed by atoms with Crippen molar-refractivity contribution >= 4 is 5.91 Å². The predicted octanol–water partition coefficient (Wildman–Crippen LogP) is 4.27. The number of fused-ring (bicyclic) bond motifs is 1. The van der Waals surface area contributed by atoms with E-state index in [0.717, 1.165) is 49.1 Å². The molecule has 1 N–H and O–H groups in total. The first-order valence-electron chi connectivity index (χ1n) is 9.88. The lowest BCUT2D eigenvalue weighted by Crippen LogP contribution is -2.28. The van der Waals surface area contributed by atoms with Gasteiger partial charge in [-0.3, -0.25) is 14.5 Å². The van der Waals surface area contributed by atoms with Gasteiger partial charge < -0.3 is 5.32 Å². The number of aromatic nitrogens is 3. The zero-order valence-electron chi connectivity index (χ0n) is 16.2. The summed E-state index contributed by atoms with van der Waals surface area (Å²) in [5, 5.41) is 7.47. The van der Waals surface area contributed by atoms with Crippen molar-refractivity contribution in [2.75, 3.05) is 6.54 Å². The number of alkyl halides is 3. The van der Waals surface area contributed by atoms with Crippen LogP contribution in [0.3, 0.4) is 0 Å². The van der Waals surface area contributed by atoms with Crippen LogP contribution in [0.5, 0.6) is 0 Å². The van der Waals surface area contributed by atoms with E-state index in [1.807, 2.05) is 16.8 Å². The maximum absolute atomic E-state index is 12.9. The Balaban J connectivity index is 1.47. The van der Waals surface area contributed by atoms with Crippen LogP contribution in [0.25, 0.3) is 11.3 Å². The summed E-state index contributed by atoms with van der Waals surface area (Å²) in [5.41, 5.74) is 3.51. The van der Waals surface area contributed by atoms with E-state index in [2.05, 4.69) is 10.3 Å². The molecule has 1 aromatic carbocycles. The van der Waals surface area contributed by atoms with Gasteiger partial charge in [-0.15, -0.1) is 0 Å². The molecule has 0 saturated heterocycles. The molecule has 8 heteroatoms. The molecule has 2 aromatic heterocycles. The first kappa shape index (κ1) is 20.1. The lowest BCUT2D eigenvalue weighted by molar-refractivity contribution is -0.137. The van der Waals surface area contributed by atoms with Crippen molar-refractivity contribution in [2.24, 2.45) is 0 Å². The monoisotopic (exact) mass is 414 g/mol. The minimum atomic E-state index is -4.48. The van der Waals surface area contributed by atoms with Crippen LogP contribution < -0.4 is 5.32 Å². The Kier molecular flexibility index (Phi) is 5.57. The summed E-state index contributed by atoms with van der Waals surface area (Å²) in [4.78, 5) is 16.4. The predicted molar refractivity (Wildman–Crippen MR) is 106 cm³/mol. The normalized spacial score (nSPS) is 13.7. The molecule has 0 fully saturated rings. The second kappa shape index (κ2) is 8.30. The SMILES string of the molecule is O=C(NCCn1nc(-c2ccncc2)c2c1CCCC2)c1cccc(C(F)(F)F)c1. The van der Waals surface area contributed by atoms with Gasteiger partial charge in [0.1, 0.15) is 0 Å². The number of carbonyl (C=O) groups is 1. The Morgan fingerprint density at radius 1 is 1.10 bits per heavy atom. The molecule has 156 valence electrons. The summed E-state index contributed by atoms with van der Waals surface area (Å²) < 4.78 is 40.5. The second-order valence-corrected chi connectivity index (χ2v) is 7.27. The van der Waals surface area contributed by atoms with Gasteiger partial charge in [0.15, 0.2) is 0 Å². The third kappa shape index (κ3) is 4.22. The Labute approximate surface area is 171 Å². The fourth-order valence-corrected chi connectivity index (χ4v) is 3.81. The summed E-state index contributed by atoms with van der Waals surface area (Å²) in [6, 6.07) is 8.29. The largest absolute Gasteiger partial charge is 0.416 e. The third-order valence-electron chi connectivity index (χ3n) is 5.27. The lowest BCUT2D eigenvalue weighted by Gasteiger charge is -2.14. The van der Waals surface area contributed by atoms with Crippen molar-refractivity contribution in [3.8, 4) is 11.3 Å². The standard InChI is InChI=1S/C22H21F3N4O/c23-22(24,25)17-5-3-4-16(14-17)21(30)27-12-13-29-19-7-2-1-6-18(19)20(28-29)15-8-10-26-11-9-15/h3-5,8-11,14H,1-2,6-7,12-13H2,(H,27,30). The maximum Gasteiger partial charge on any atom is 0.416 e. The van der Waals surface area contributed by atoms with E-state index in [-0.39, 0.29) is 12.1 Å². The van der Waals surface area contributed by atoms with Crippen molar-refractivity contribution < 1.29 is 18.0 Å². The number of nitrogens with zero attached hydrogens (tertiary/aromatic N) is 3. The van der Waals surface area contributed by atoms with E-state index in [9.17, 15) is 18.0 Å². The highest BCUT2D eigenvalue weighted by molar-refractivity contribution is 5.94. The van der Waals surface area contributed by atoms with Gasteiger partial charge in [0.2, 0.25) is 0 Å². The molecule has 1 aliphatic rings. The van der Waals surface area contributed by atoms with Gasteiger partial charge in [-0.05, 0) is 56.0 Å². The van der Waals surface area contributed by atoms with Gasteiger partial charge >= 0.3 is 6.18 Å². The lowest BCUT2D eigenvalue weighted by atomic mass is 9.94. The van der Waals surface area contributed by atoms with Crippen molar-refractivity contribution in [2.45, 2.75) is 38.4 Å². The molecule has 0 bridgehead atoms. The molecule has 30 heavy (non-hydrogen) atoms. The molecule has 0 atom stereocenters. The van der Waals surface area contributed by atoms with Crippen molar-refractivity contribution in [3.05, 3.63) is 71.2 Å². The molecule has 2 heterocycles. The van der Waals surface area contributed by atoms with E-state index in [1.165, 1.54) is 23.4 Å². The van der Waals surface area contributed by atoms with Crippen LogP contribution >= 0.6 is 0 Å². The van der Waals surface area contributed by atoms with E-state index in [4.69, 9.17) is 5.10 Å². The molecule has 0 saturated carbocycles. The number of nitrogens with one attached hydrogen (secondary N) is 1. The van der Waals surface area contributed by atoms with E-state index in [0.29, 0.717) is 6.54 Å². The van der Waals surface area contributed by atoms with E-state index >= 15 is 0 Å². The first-order chi connectivity index (χ1) is 14.4. The highest BCUT2D eigenvalue weighted by atomic mass is 19.4. The third-order valence-corrected chi connectivity index (χ3v) is 5.27. The smallest absolute Gasteiger partial charge is 0.350 e. The Bertz CT molecular complexity index is 1040. The minimum absolute atomic E-state index is 0.00945. The van der Waals surface area contributed by atoms with Crippen LogP contribution in [0.2, 0.25) is 0 Å². The van der Waals surface area contributed by atoms with Gasteiger partial charge in [-0.2, -0.15) is 18.3 Å².